The Morgan fingerprint density at radius 3 is 2.54 bits per heavy atom. The van der Waals surface area contributed by atoms with Crippen LogP contribution in [-0.2, 0) is 22.2 Å². The number of carbonyl (C=O) groups excluding carboxylic acids is 1. The summed E-state index contributed by atoms with van der Waals surface area (Å²) < 4.78 is 15.7. The first-order chi connectivity index (χ1) is 17.1. The predicted octanol–water partition coefficient (Wildman–Crippen LogP) is 5.23. The van der Waals surface area contributed by atoms with Gasteiger partial charge in [-0.1, -0.05) is 36.8 Å². The Balaban J connectivity index is 1.17. The molecule has 35 heavy (non-hydrogen) atoms. The van der Waals surface area contributed by atoms with E-state index in [4.69, 9.17) is 5.10 Å². The Labute approximate surface area is 203 Å². The molecule has 2 aliphatic heterocycles. The Kier molecular flexibility index (Phi) is 4.44. The van der Waals surface area contributed by atoms with Gasteiger partial charge in [-0.25, -0.2) is 4.39 Å². The first-order valence-corrected chi connectivity index (χ1v) is 12.6. The van der Waals surface area contributed by atoms with E-state index in [9.17, 15) is 9.18 Å². The molecule has 4 aromatic rings. The van der Waals surface area contributed by atoms with Gasteiger partial charge in [-0.2, -0.15) is 5.10 Å². The Morgan fingerprint density at radius 1 is 0.943 bits per heavy atom. The van der Waals surface area contributed by atoms with Crippen molar-refractivity contribution in [1.29, 1.82) is 0 Å². The van der Waals surface area contributed by atoms with Gasteiger partial charge in [0.2, 0.25) is 5.91 Å². The van der Waals surface area contributed by atoms with Gasteiger partial charge in [-0.05, 0) is 61.6 Å². The summed E-state index contributed by atoms with van der Waals surface area (Å²) in [5.41, 5.74) is 4.62. The maximum atomic E-state index is 13.8. The lowest BCUT2D eigenvalue weighted by Gasteiger charge is -2.43. The Bertz CT molecular complexity index is 1460. The summed E-state index contributed by atoms with van der Waals surface area (Å²) >= 11 is 0. The van der Waals surface area contributed by atoms with E-state index in [2.05, 4.69) is 32.8 Å². The standard InChI is InChI=1S/C29H27FN4O/c30-23-8-6-22(7-9-23)29(10-3-11-29)27(35)33-14-12-28(19-33)13-15-34-26(28)17-25(32-34)21-16-20-4-1-2-5-24(20)31-18-21/h1-2,4-9,16-18H,3,10-15,19H2. The molecule has 2 aromatic carbocycles. The molecule has 1 unspecified atom stereocenters. The molecular formula is C29H27FN4O. The van der Waals surface area contributed by atoms with Crippen molar-refractivity contribution in [3.05, 3.63) is 83.9 Å². The van der Waals surface area contributed by atoms with Crippen LogP contribution in [0, 0.1) is 5.82 Å². The number of hydrogen-bond donors (Lipinski definition) is 0. The second kappa shape index (κ2) is 7.48. The van der Waals surface area contributed by atoms with E-state index in [0.717, 1.165) is 79.5 Å². The summed E-state index contributed by atoms with van der Waals surface area (Å²) in [6, 6.07) is 19.1. The van der Waals surface area contributed by atoms with Gasteiger partial charge >= 0.3 is 0 Å². The molecule has 1 aliphatic carbocycles. The van der Waals surface area contributed by atoms with Crippen LogP contribution in [0.3, 0.4) is 0 Å². The normalized spacial score (nSPS) is 22.5. The topological polar surface area (TPSA) is 51.0 Å². The van der Waals surface area contributed by atoms with Crippen molar-refractivity contribution < 1.29 is 9.18 Å². The fourth-order valence-corrected chi connectivity index (χ4v) is 6.50. The van der Waals surface area contributed by atoms with E-state index < -0.39 is 5.41 Å². The lowest BCUT2D eigenvalue weighted by molar-refractivity contribution is -0.140. The van der Waals surface area contributed by atoms with Crippen molar-refractivity contribution in [3.63, 3.8) is 0 Å². The van der Waals surface area contributed by atoms with Gasteiger partial charge < -0.3 is 4.90 Å². The predicted molar refractivity (Wildman–Crippen MR) is 132 cm³/mol. The van der Waals surface area contributed by atoms with E-state index in [1.807, 2.05) is 24.4 Å². The van der Waals surface area contributed by atoms with Crippen LogP contribution >= 0.6 is 0 Å². The zero-order valence-electron chi connectivity index (χ0n) is 19.6. The number of aryl methyl sites for hydroxylation is 1. The number of para-hydroxylation sites is 1. The molecular weight excluding hydrogens is 439 g/mol. The lowest BCUT2D eigenvalue weighted by Crippen LogP contribution is -2.51. The average molecular weight is 467 g/mol. The van der Waals surface area contributed by atoms with E-state index >= 15 is 0 Å². The molecule has 176 valence electrons. The second-order valence-corrected chi connectivity index (χ2v) is 10.5. The number of fused-ring (bicyclic) bond motifs is 3. The molecule has 0 bridgehead atoms. The van der Waals surface area contributed by atoms with Crippen molar-refractivity contribution in [1.82, 2.24) is 19.7 Å². The molecule has 1 spiro atoms. The van der Waals surface area contributed by atoms with Crippen LogP contribution in [0.15, 0.2) is 66.9 Å². The van der Waals surface area contributed by atoms with E-state index in [1.54, 1.807) is 12.1 Å². The molecule has 0 radical (unpaired) electrons. The van der Waals surface area contributed by atoms with Crippen molar-refractivity contribution in [2.45, 2.75) is 49.5 Å². The molecule has 3 aliphatic rings. The highest BCUT2D eigenvalue weighted by Gasteiger charge is 2.53. The van der Waals surface area contributed by atoms with Crippen molar-refractivity contribution >= 4 is 16.8 Å². The second-order valence-electron chi connectivity index (χ2n) is 10.5. The maximum Gasteiger partial charge on any atom is 0.233 e. The summed E-state index contributed by atoms with van der Waals surface area (Å²) in [4.78, 5) is 20.5. The van der Waals surface area contributed by atoms with Crippen LogP contribution in [0.2, 0.25) is 0 Å². The van der Waals surface area contributed by atoms with E-state index in [-0.39, 0.29) is 17.1 Å². The minimum Gasteiger partial charge on any atom is -0.341 e. The summed E-state index contributed by atoms with van der Waals surface area (Å²) in [6.07, 6.45) is 6.60. The van der Waals surface area contributed by atoms with Gasteiger partial charge in [0, 0.05) is 47.9 Å². The monoisotopic (exact) mass is 466 g/mol. The average Bonchev–Trinajstić information content (AvgIpc) is 3.56. The number of halogens is 1. The Morgan fingerprint density at radius 2 is 1.74 bits per heavy atom. The summed E-state index contributed by atoms with van der Waals surface area (Å²) in [7, 11) is 0. The molecule has 4 heterocycles. The minimum atomic E-state index is -0.486. The number of carbonyl (C=O) groups is 1. The fourth-order valence-electron chi connectivity index (χ4n) is 6.50. The number of nitrogens with zero attached hydrogens (tertiary/aromatic N) is 4. The molecule has 7 rings (SSSR count). The number of aromatic nitrogens is 3. The molecule has 1 saturated carbocycles. The highest BCUT2D eigenvalue weighted by molar-refractivity contribution is 5.90. The molecule has 0 N–H and O–H groups in total. The number of pyridine rings is 1. The zero-order chi connectivity index (χ0) is 23.6. The first-order valence-electron chi connectivity index (χ1n) is 12.6. The Hall–Kier alpha value is -3.54. The van der Waals surface area contributed by atoms with Gasteiger partial charge in [0.15, 0.2) is 0 Å². The number of hydrogen-bond acceptors (Lipinski definition) is 3. The van der Waals surface area contributed by atoms with E-state index in [0.29, 0.717) is 0 Å². The molecule has 1 amide bonds. The third-order valence-corrected chi connectivity index (χ3v) is 8.67. The van der Waals surface area contributed by atoms with E-state index in [1.165, 1.54) is 17.8 Å². The van der Waals surface area contributed by atoms with Crippen LogP contribution in [0.4, 0.5) is 4.39 Å². The highest BCUT2D eigenvalue weighted by Crippen LogP contribution is 2.49. The molecule has 1 saturated heterocycles. The molecule has 1 atom stereocenters. The van der Waals surface area contributed by atoms with Crippen molar-refractivity contribution in [2.24, 2.45) is 0 Å². The van der Waals surface area contributed by atoms with Crippen molar-refractivity contribution in [3.8, 4) is 11.3 Å². The van der Waals surface area contributed by atoms with Gasteiger partial charge in [-0.15, -0.1) is 0 Å². The number of amides is 1. The smallest absolute Gasteiger partial charge is 0.233 e. The van der Waals surface area contributed by atoms with Crippen LogP contribution in [0.5, 0.6) is 0 Å². The fraction of sp³-hybridized carbons (Fsp3) is 0.345. The van der Waals surface area contributed by atoms with Crippen LogP contribution in [0.25, 0.3) is 22.2 Å². The molecule has 5 nitrogen and oxygen atoms in total. The number of rotatable bonds is 3. The SMILES string of the molecule is O=C(N1CCC2(CCn3nc(-c4cnc5ccccc5c4)cc32)C1)C1(c2ccc(F)cc2)CCC1. The van der Waals surface area contributed by atoms with Crippen molar-refractivity contribution in [2.75, 3.05) is 13.1 Å². The largest absolute Gasteiger partial charge is 0.341 e. The minimum absolute atomic E-state index is 0.0427. The van der Waals surface area contributed by atoms with Crippen LogP contribution in [0.1, 0.15) is 43.4 Å². The van der Waals surface area contributed by atoms with Gasteiger partial charge in [0.25, 0.3) is 0 Å². The highest BCUT2D eigenvalue weighted by atomic mass is 19.1. The molecule has 2 aromatic heterocycles. The summed E-state index contributed by atoms with van der Waals surface area (Å²) in [6.45, 7) is 2.37. The number of likely N-dealkylation sites (tertiary alicyclic amines) is 1. The van der Waals surface area contributed by atoms with Gasteiger partial charge in [-0.3, -0.25) is 14.5 Å². The van der Waals surface area contributed by atoms with Gasteiger partial charge in [0.05, 0.1) is 16.6 Å². The van der Waals surface area contributed by atoms with Crippen LogP contribution in [-0.4, -0.2) is 38.7 Å². The maximum absolute atomic E-state index is 13.8. The molecule has 2 fully saturated rings. The third-order valence-electron chi connectivity index (χ3n) is 8.67. The zero-order valence-corrected chi connectivity index (χ0v) is 19.6. The first kappa shape index (κ1) is 20.8. The third kappa shape index (κ3) is 3.08. The number of benzene rings is 2. The quantitative estimate of drug-likeness (QED) is 0.415. The molecule has 6 heteroatoms. The summed E-state index contributed by atoms with van der Waals surface area (Å²) in [5, 5.41) is 6.03. The lowest BCUT2D eigenvalue weighted by atomic mass is 9.63. The van der Waals surface area contributed by atoms with Gasteiger partial charge in [0.1, 0.15) is 5.82 Å². The summed E-state index contributed by atoms with van der Waals surface area (Å²) in [5.74, 6) is -0.0448. The van der Waals surface area contributed by atoms with Crippen LogP contribution < -0.4 is 0 Å².